The zero-order chi connectivity index (χ0) is 13.8. The number of nitrogens with one attached hydrogen (secondary N) is 2. The number of ether oxygens (including phenoxy) is 1. The van der Waals surface area contributed by atoms with Crippen molar-refractivity contribution >= 4 is 11.6 Å². The molecule has 2 heterocycles. The van der Waals surface area contributed by atoms with Crippen LogP contribution in [0.3, 0.4) is 0 Å². The third-order valence-corrected chi connectivity index (χ3v) is 3.66. The minimum Gasteiger partial charge on any atom is -0.395 e. The topological polar surface area (TPSA) is 93.0 Å². The molecule has 1 aromatic heterocycles. The molecule has 106 valence electrons. The first-order chi connectivity index (χ1) is 9.13. The Bertz CT molecular complexity index is 444. The third-order valence-electron chi connectivity index (χ3n) is 3.66. The molecule has 1 amide bonds. The molecule has 0 saturated carbocycles. The van der Waals surface area contributed by atoms with Gasteiger partial charge in [0, 0.05) is 19.1 Å². The van der Waals surface area contributed by atoms with Crippen molar-refractivity contribution in [2.75, 3.05) is 18.9 Å². The first kappa shape index (κ1) is 13.9. The molecule has 2 unspecified atom stereocenters. The Labute approximate surface area is 113 Å². The van der Waals surface area contributed by atoms with E-state index in [-0.39, 0.29) is 12.0 Å². The maximum absolute atomic E-state index is 12.0. The number of rotatable bonds is 5. The molecule has 0 aromatic carbocycles. The smallest absolute Gasteiger partial charge is 0.273 e. The van der Waals surface area contributed by atoms with Gasteiger partial charge in [-0.1, -0.05) is 13.3 Å². The van der Waals surface area contributed by atoms with Crippen LogP contribution in [0.2, 0.25) is 0 Å². The number of H-pyrrole nitrogens is 1. The number of hydrogen-bond acceptors (Lipinski definition) is 4. The molecule has 0 spiro atoms. The van der Waals surface area contributed by atoms with Crippen molar-refractivity contribution in [1.82, 2.24) is 15.5 Å². The lowest BCUT2D eigenvalue weighted by Gasteiger charge is -2.14. The largest absolute Gasteiger partial charge is 0.395 e. The number of hydrogen-bond donors (Lipinski definition) is 3. The molecule has 0 bridgehead atoms. The number of aryl methyl sites for hydroxylation is 1. The van der Waals surface area contributed by atoms with Gasteiger partial charge in [0.05, 0.1) is 17.5 Å². The standard InChI is InChI=1S/C13H22N4O2/c1-3-4-10-11(14)12(17-16-10)13(18)15-7-9-5-6-19-8(9)2/h8-9H,3-7,14H2,1-2H3,(H,15,18)(H,16,17). The minimum atomic E-state index is -0.213. The first-order valence-corrected chi connectivity index (χ1v) is 6.86. The third kappa shape index (κ3) is 3.07. The Balaban J connectivity index is 1.92. The van der Waals surface area contributed by atoms with Gasteiger partial charge in [-0.2, -0.15) is 5.10 Å². The second-order valence-electron chi connectivity index (χ2n) is 5.05. The summed E-state index contributed by atoms with van der Waals surface area (Å²) in [6.07, 6.45) is 2.95. The van der Waals surface area contributed by atoms with Gasteiger partial charge in [0.2, 0.25) is 0 Å². The van der Waals surface area contributed by atoms with Crippen LogP contribution in [0.4, 0.5) is 5.69 Å². The fourth-order valence-corrected chi connectivity index (χ4v) is 2.35. The number of aromatic nitrogens is 2. The van der Waals surface area contributed by atoms with Crippen molar-refractivity contribution in [3.05, 3.63) is 11.4 Å². The van der Waals surface area contributed by atoms with Gasteiger partial charge in [0.1, 0.15) is 0 Å². The molecule has 2 atom stereocenters. The van der Waals surface area contributed by atoms with E-state index in [1.54, 1.807) is 0 Å². The van der Waals surface area contributed by atoms with E-state index in [0.29, 0.717) is 23.8 Å². The summed E-state index contributed by atoms with van der Waals surface area (Å²) in [6.45, 7) is 5.47. The molecule has 1 aliphatic heterocycles. The van der Waals surface area contributed by atoms with E-state index in [1.165, 1.54) is 0 Å². The average Bonchev–Trinajstić information content (AvgIpc) is 2.95. The molecular weight excluding hydrogens is 244 g/mol. The van der Waals surface area contributed by atoms with Crippen LogP contribution < -0.4 is 11.1 Å². The molecule has 6 nitrogen and oxygen atoms in total. The number of aromatic amines is 1. The van der Waals surface area contributed by atoms with Gasteiger partial charge < -0.3 is 15.8 Å². The molecule has 6 heteroatoms. The number of amides is 1. The van der Waals surface area contributed by atoms with Crippen LogP contribution in [-0.2, 0) is 11.2 Å². The molecule has 0 aliphatic carbocycles. The van der Waals surface area contributed by atoms with Gasteiger partial charge in [-0.3, -0.25) is 9.89 Å². The van der Waals surface area contributed by atoms with Crippen LogP contribution in [0.5, 0.6) is 0 Å². The average molecular weight is 266 g/mol. The molecule has 2 rings (SSSR count). The van der Waals surface area contributed by atoms with Crippen LogP contribution in [0.15, 0.2) is 0 Å². The zero-order valence-corrected chi connectivity index (χ0v) is 11.5. The number of carbonyl (C=O) groups excluding carboxylic acids is 1. The highest BCUT2D eigenvalue weighted by Crippen LogP contribution is 2.20. The number of anilines is 1. The van der Waals surface area contributed by atoms with Crippen molar-refractivity contribution in [2.24, 2.45) is 5.92 Å². The lowest BCUT2D eigenvalue weighted by Crippen LogP contribution is -2.32. The van der Waals surface area contributed by atoms with Gasteiger partial charge >= 0.3 is 0 Å². The van der Waals surface area contributed by atoms with Crippen LogP contribution in [0.25, 0.3) is 0 Å². The Morgan fingerprint density at radius 1 is 1.63 bits per heavy atom. The Morgan fingerprint density at radius 3 is 3.05 bits per heavy atom. The predicted octanol–water partition coefficient (Wildman–Crippen LogP) is 1.10. The van der Waals surface area contributed by atoms with E-state index in [4.69, 9.17) is 10.5 Å². The highest BCUT2D eigenvalue weighted by Gasteiger charge is 2.25. The second kappa shape index (κ2) is 6.06. The van der Waals surface area contributed by atoms with Gasteiger partial charge in [0.15, 0.2) is 5.69 Å². The van der Waals surface area contributed by atoms with Gasteiger partial charge in [-0.25, -0.2) is 0 Å². The van der Waals surface area contributed by atoms with E-state index in [2.05, 4.69) is 22.4 Å². The van der Waals surface area contributed by atoms with Crippen molar-refractivity contribution < 1.29 is 9.53 Å². The summed E-state index contributed by atoms with van der Waals surface area (Å²) in [6, 6.07) is 0. The van der Waals surface area contributed by atoms with Crippen molar-refractivity contribution in [2.45, 2.75) is 39.2 Å². The molecule has 1 fully saturated rings. The lowest BCUT2D eigenvalue weighted by atomic mass is 10.0. The fraction of sp³-hybridized carbons (Fsp3) is 0.692. The van der Waals surface area contributed by atoms with Crippen molar-refractivity contribution in [1.29, 1.82) is 0 Å². The van der Waals surface area contributed by atoms with Crippen LogP contribution in [-0.4, -0.2) is 35.4 Å². The summed E-state index contributed by atoms with van der Waals surface area (Å²) in [5.41, 5.74) is 7.53. The van der Waals surface area contributed by atoms with Gasteiger partial charge in [-0.15, -0.1) is 0 Å². The molecule has 19 heavy (non-hydrogen) atoms. The molecule has 1 aliphatic rings. The van der Waals surface area contributed by atoms with Gasteiger partial charge in [0.25, 0.3) is 5.91 Å². The highest BCUT2D eigenvalue weighted by molar-refractivity contribution is 5.97. The van der Waals surface area contributed by atoms with Crippen LogP contribution in [0, 0.1) is 5.92 Å². The summed E-state index contributed by atoms with van der Waals surface area (Å²) in [5.74, 6) is 0.162. The Kier molecular flexibility index (Phi) is 4.42. The number of nitrogens with two attached hydrogens (primary N) is 1. The quantitative estimate of drug-likeness (QED) is 0.744. The minimum absolute atomic E-state index is 0.201. The van der Waals surface area contributed by atoms with E-state index >= 15 is 0 Å². The van der Waals surface area contributed by atoms with Crippen molar-refractivity contribution in [3.63, 3.8) is 0 Å². The van der Waals surface area contributed by atoms with E-state index < -0.39 is 0 Å². The summed E-state index contributed by atoms with van der Waals surface area (Å²) < 4.78 is 5.47. The van der Waals surface area contributed by atoms with Crippen molar-refractivity contribution in [3.8, 4) is 0 Å². The first-order valence-electron chi connectivity index (χ1n) is 6.86. The summed E-state index contributed by atoms with van der Waals surface area (Å²) in [7, 11) is 0. The Morgan fingerprint density at radius 2 is 2.42 bits per heavy atom. The van der Waals surface area contributed by atoms with Crippen LogP contribution in [0.1, 0.15) is 42.9 Å². The fourth-order valence-electron chi connectivity index (χ4n) is 2.35. The maximum Gasteiger partial charge on any atom is 0.273 e. The van der Waals surface area contributed by atoms with E-state index in [0.717, 1.165) is 31.6 Å². The summed E-state index contributed by atoms with van der Waals surface area (Å²) in [5, 5.41) is 9.72. The van der Waals surface area contributed by atoms with Crippen LogP contribution >= 0.6 is 0 Å². The highest BCUT2D eigenvalue weighted by atomic mass is 16.5. The van der Waals surface area contributed by atoms with E-state index in [9.17, 15) is 4.79 Å². The molecule has 1 aromatic rings. The number of carbonyl (C=O) groups is 1. The normalized spacial score (nSPS) is 22.6. The number of nitrogen functional groups attached to an aromatic ring is 1. The second-order valence-corrected chi connectivity index (χ2v) is 5.05. The molecule has 4 N–H and O–H groups in total. The monoisotopic (exact) mass is 266 g/mol. The Hall–Kier alpha value is -1.56. The SMILES string of the molecule is CCCc1[nH]nc(C(=O)NCC2CCOC2C)c1N. The summed E-state index contributed by atoms with van der Waals surface area (Å²) >= 11 is 0. The molecule has 0 radical (unpaired) electrons. The zero-order valence-electron chi connectivity index (χ0n) is 11.5. The predicted molar refractivity (Wildman–Crippen MR) is 72.8 cm³/mol. The molecule has 1 saturated heterocycles. The van der Waals surface area contributed by atoms with E-state index in [1.807, 2.05) is 6.92 Å². The molecular formula is C13H22N4O2. The van der Waals surface area contributed by atoms with Gasteiger partial charge in [-0.05, 0) is 19.8 Å². The summed E-state index contributed by atoms with van der Waals surface area (Å²) in [4.78, 5) is 12.0. The maximum atomic E-state index is 12.0. The number of nitrogens with zero attached hydrogens (tertiary/aromatic N) is 1. The lowest BCUT2D eigenvalue weighted by molar-refractivity contribution is 0.0904.